The summed E-state index contributed by atoms with van der Waals surface area (Å²) in [7, 11) is -1.73. The minimum atomic E-state index is -3.66. The zero-order chi connectivity index (χ0) is 17.3. The summed E-state index contributed by atoms with van der Waals surface area (Å²) in [6.45, 7) is 5.27. The molecule has 128 valence electrons. The second-order valence-electron chi connectivity index (χ2n) is 5.97. The Morgan fingerprint density at radius 3 is 2.79 bits per heavy atom. The van der Waals surface area contributed by atoms with Crippen molar-refractivity contribution in [3.05, 3.63) is 47.5 Å². The third-order valence-electron chi connectivity index (χ3n) is 4.31. The van der Waals surface area contributed by atoms with Gasteiger partial charge in [0.15, 0.2) is 0 Å². The molecule has 0 saturated carbocycles. The van der Waals surface area contributed by atoms with Crippen LogP contribution in [0.5, 0.6) is 5.75 Å². The number of nitrogens with one attached hydrogen (secondary N) is 1. The average Bonchev–Trinajstić information content (AvgIpc) is 2.56. The van der Waals surface area contributed by atoms with Crippen molar-refractivity contribution in [3.63, 3.8) is 0 Å². The third-order valence-corrected chi connectivity index (χ3v) is 5.66. The molecule has 1 N–H and O–H groups in total. The minimum Gasteiger partial charge on any atom is -0.490 e. The zero-order valence-electron chi connectivity index (χ0n) is 14.2. The molecule has 0 unspecified atom stereocenters. The van der Waals surface area contributed by atoms with E-state index in [1.54, 1.807) is 18.2 Å². The van der Waals surface area contributed by atoms with Crippen molar-refractivity contribution in [1.29, 1.82) is 0 Å². The van der Waals surface area contributed by atoms with E-state index >= 15 is 0 Å². The molecule has 0 radical (unpaired) electrons. The standard InChI is InChI=1S/C18H22N2O3S/c1-4-14-7-5-6-13(2)18(14)19-24(21,22)15-8-9-17-16(12-15)20(3)10-11-23-17/h5-9,12,19H,4,10-11H2,1-3H3. The second-order valence-corrected chi connectivity index (χ2v) is 7.65. The number of hydrogen-bond acceptors (Lipinski definition) is 4. The lowest BCUT2D eigenvalue weighted by molar-refractivity contribution is 0.311. The van der Waals surface area contributed by atoms with Crippen LogP contribution in [0.3, 0.4) is 0 Å². The highest BCUT2D eigenvalue weighted by atomic mass is 32.2. The number of likely N-dealkylation sites (N-methyl/N-ethyl adjacent to an activating group) is 1. The molecule has 1 aliphatic heterocycles. The summed E-state index contributed by atoms with van der Waals surface area (Å²) in [5.41, 5.74) is 3.36. The maximum absolute atomic E-state index is 12.8. The highest BCUT2D eigenvalue weighted by Crippen LogP contribution is 2.33. The number of para-hydroxylation sites is 1. The molecule has 0 spiro atoms. The topological polar surface area (TPSA) is 58.6 Å². The van der Waals surface area contributed by atoms with Crippen LogP contribution in [0.25, 0.3) is 0 Å². The molecule has 3 rings (SSSR count). The van der Waals surface area contributed by atoms with Crippen LogP contribution in [-0.2, 0) is 16.4 Å². The molecule has 1 heterocycles. The van der Waals surface area contributed by atoms with Gasteiger partial charge in [-0.2, -0.15) is 0 Å². The molecular weight excluding hydrogens is 324 g/mol. The number of sulfonamides is 1. The predicted molar refractivity (Wildman–Crippen MR) is 96.6 cm³/mol. The summed E-state index contributed by atoms with van der Waals surface area (Å²) < 4.78 is 34.0. The largest absolute Gasteiger partial charge is 0.490 e. The molecule has 5 nitrogen and oxygen atoms in total. The third kappa shape index (κ3) is 3.06. The summed E-state index contributed by atoms with van der Waals surface area (Å²) >= 11 is 0. The molecule has 2 aromatic rings. The summed E-state index contributed by atoms with van der Waals surface area (Å²) in [5, 5.41) is 0. The van der Waals surface area contributed by atoms with Gasteiger partial charge in [-0.1, -0.05) is 25.1 Å². The van der Waals surface area contributed by atoms with E-state index in [0.717, 1.165) is 29.8 Å². The van der Waals surface area contributed by atoms with E-state index in [0.29, 0.717) is 18.0 Å². The maximum Gasteiger partial charge on any atom is 0.261 e. The first-order valence-corrected chi connectivity index (χ1v) is 9.50. The van der Waals surface area contributed by atoms with Crippen molar-refractivity contribution in [2.24, 2.45) is 0 Å². The molecule has 0 bridgehead atoms. The van der Waals surface area contributed by atoms with Gasteiger partial charge in [-0.3, -0.25) is 4.72 Å². The van der Waals surface area contributed by atoms with Gasteiger partial charge < -0.3 is 9.64 Å². The molecule has 0 fully saturated rings. The Morgan fingerprint density at radius 2 is 2.04 bits per heavy atom. The van der Waals surface area contributed by atoms with E-state index in [2.05, 4.69) is 4.72 Å². The van der Waals surface area contributed by atoms with Crippen LogP contribution in [0.1, 0.15) is 18.1 Å². The Hall–Kier alpha value is -2.21. The van der Waals surface area contributed by atoms with Crippen LogP contribution in [0.2, 0.25) is 0 Å². The van der Waals surface area contributed by atoms with Gasteiger partial charge in [0.1, 0.15) is 12.4 Å². The molecule has 0 atom stereocenters. The van der Waals surface area contributed by atoms with E-state index < -0.39 is 10.0 Å². The summed E-state index contributed by atoms with van der Waals surface area (Å²) in [6, 6.07) is 10.8. The van der Waals surface area contributed by atoms with Gasteiger partial charge in [-0.15, -0.1) is 0 Å². The van der Waals surface area contributed by atoms with E-state index in [1.807, 2.05) is 44.0 Å². The number of nitrogens with zero attached hydrogens (tertiary/aromatic N) is 1. The lowest BCUT2D eigenvalue weighted by Crippen LogP contribution is -2.29. The average molecular weight is 346 g/mol. The van der Waals surface area contributed by atoms with E-state index in [9.17, 15) is 8.42 Å². The van der Waals surface area contributed by atoms with Gasteiger partial charge in [-0.25, -0.2) is 8.42 Å². The molecule has 2 aromatic carbocycles. The maximum atomic E-state index is 12.8. The number of benzene rings is 2. The predicted octanol–water partition coefficient (Wildman–Crippen LogP) is 3.19. The highest BCUT2D eigenvalue weighted by Gasteiger charge is 2.22. The highest BCUT2D eigenvalue weighted by molar-refractivity contribution is 7.92. The van der Waals surface area contributed by atoms with Crippen molar-refractivity contribution in [2.45, 2.75) is 25.2 Å². The fraction of sp³-hybridized carbons (Fsp3) is 0.333. The van der Waals surface area contributed by atoms with Gasteiger partial charge in [0.25, 0.3) is 10.0 Å². The monoisotopic (exact) mass is 346 g/mol. The number of aryl methyl sites for hydroxylation is 2. The van der Waals surface area contributed by atoms with Crippen LogP contribution < -0.4 is 14.4 Å². The smallest absolute Gasteiger partial charge is 0.261 e. The van der Waals surface area contributed by atoms with Crippen molar-refractivity contribution in [2.75, 3.05) is 29.8 Å². The van der Waals surface area contributed by atoms with E-state index in [-0.39, 0.29) is 4.90 Å². The Bertz CT molecular complexity index is 863. The van der Waals surface area contributed by atoms with Crippen molar-refractivity contribution in [3.8, 4) is 5.75 Å². The van der Waals surface area contributed by atoms with Gasteiger partial charge in [0.2, 0.25) is 0 Å². The first-order valence-electron chi connectivity index (χ1n) is 8.01. The number of anilines is 2. The molecule has 24 heavy (non-hydrogen) atoms. The van der Waals surface area contributed by atoms with Crippen LogP contribution in [0.4, 0.5) is 11.4 Å². The Morgan fingerprint density at radius 1 is 1.25 bits per heavy atom. The zero-order valence-corrected chi connectivity index (χ0v) is 15.0. The molecule has 0 amide bonds. The molecular formula is C18H22N2O3S. The Labute approximate surface area is 143 Å². The van der Waals surface area contributed by atoms with Crippen LogP contribution in [0.15, 0.2) is 41.3 Å². The minimum absolute atomic E-state index is 0.240. The lowest BCUT2D eigenvalue weighted by Gasteiger charge is -2.28. The summed E-state index contributed by atoms with van der Waals surface area (Å²) in [6.07, 6.45) is 0.764. The van der Waals surface area contributed by atoms with Crippen molar-refractivity contribution < 1.29 is 13.2 Å². The molecule has 0 aliphatic carbocycles. The number of rotatable bonds is 4. The first kappa shape index (κ1) is 16.6. The Balaban J connectivity index is 1.99. The van der Waals surface area contributed by atoms with E-state index in [4.69, 9.17) is 4.74 Å². The normalized spacial score (nSPS) is 14.0. The van der Waals surface area contributed by atoms with Crippen LogP contribution >= 0.6 is 0 Å². The summed E-state index contributed by atoms with van der Waals surface area (Å²) in [4.78, 5) is 2.24. The van der Waals surface area contributed by atoms with Gasteiger partial charge >= 0.3 is 0 Å². The van der Waals surface area contributed by atoms with Crippen molar-refractivity contribution in [1.82, 2.24) is 0 Å². The summed E-state index contributed by atoms with van der Waals surface area (Å²) in [5.74, 6) is 0.716. The van der Waals surface area contributed by atoms with Gasteiger partial charge in [0.05, 0.1) is 22.8 Å². The van der Waals surface area contributed by atoms with Crippen LogP contribution in [-0.4, -0.2) is 28.6 Å². The van der Waals surface area contributed by atoms with E-state index in [1.165, 1.54) is 0 Å². The number of hydrogen-bond donors (Lipinski definition) is 1. The molecule has 0 aromatic heterocycles. The quantitative estimate of drug-likeness (QED) is 0.924. The first-order chi connectivity index (χ1) is 11.4. The number of fused-ring (bicyclic) bond motifs is 1. The van der Waals surface area contributed by atoms with Crippen molar-refractivity contribution >= 4 is 21.4 Å². The molecule has 6 heteroatoms. The Kier molecular flexibility index (Phi) is 4.41. The molecule has 0 saturated heterocycles. The SMILES string of the molecule is CCc1cccc(C)c1NS(=O)(=O)c1ccc2c(c1)N(C)CCO2. The van der Waals surface area contributed by atoms with Gasteiger partial charge in [0, 0.05) is 7.05 Å². The lowest BCUT2D eigenvalue weighted by atomic mass is 10.1. The number of ether oxygens (including phenoxy) is 1. The fourth-order valence-corrected chi connectivity index (χ4v) is 4.05. The van der Waals surface area contributed by atoms with Gasteiger partial charge in [-0.05, 0) is 42.7 Å². The van der Waals surface area contributed by atoms with Crippen LogP contribution in [0, 0.1) is 6.92 Å². The fourth-order valence-electron chi connectivity index (χ4n) is 2.86. The second kappa shape index (κ2) is 6.36. The molecule has 1 aliphatic rings.